The normalized spacial score (nSPS) is 20.8. The van der Waals surface area contributed by atoms with Crippen LogP contribution in [0.3, 0.4) is 0 Å². The van der Waals surface area contributed by atoms with Crippen LogP contribution in [0.1, 0.15) is 98.3 Å². The summed E-state index contributed by atoms with van der Waals surface area (Å²) in [5.41, 5.74) is -0.136. The summed E-state index contributed by atoms with van der Waals surface area (Å²) in [4.78, 5) is 28.9. The molecule has 0 atom stereocenters. The van der Waals surface area contributed by atoms with Crippen LogP contribution < -0.4 is 0 Å². The van der Waals surface area contributed by atoms with Crippen molar-refractivity contribution < 1.29 is 24.2 Å². The monoisotopic (exact) mass is 356 g/mol. The Morgan fingerprint density at radius 3 is 1.80 bits per heavy atom. The number of carbonyl (C=O) groups excluding carboxylic acids is 1. The van der Waals surface area contributed by atoms with Crippen LogP contribution in [-0.2, 0) is 14.4 Å². The second kappa shape index (κ2) is 9.02. The highest BCUT2D eigenvalue weighted by Gasteiger charge is 2.57. The van der Waals surface area contributed by atoms with Gasteiger partial charge in [0.05, 0.1) is 6.42 Å². The first kappa shape index (κ1) is 21.9. The molecule has 146 valence electrons. The number of aliphatic carboxylic acids is 1. The van der Waals surface area contributed by atoms with Gasteiger partial charge in [-0.3, -0.25) is 9.63 Å². The molecule has 1 N–H and O–H groups in total. The van der Waals surface area contributed by atoms with Crippen molar-refractivity contribution >= 4 is 11.9 Å². The van der Waals surface area contributed by atoms with Gasteiger partial charge in [-0.2, -0.15) is 0 Å². The van der Waals surface area contributed by atoms with Crippen LogP contribution in [0.15, 0.2) is 0 Å². The highest BCUT2D eigenvalue weighted by molar-refractivity contribution is 5.68. The van der Waals surface area contributed by atoms with E-state index in [2.05, 4.69) is 34.7 Å². The highest BCUT2D eigenvalue weighted by atomic mass is 16.8. The number of piperidine rings is 1. The minimum absolute atomic E-state index is 0.0679. The van der Waals surface area contributed by atoms with E-state index >= 15 is 0 Å². The van der Waals surface area contributed by atoms with Crippen LogP contribution in [0.2, 0.25) is 0 Å². The van der Waals surface area contributed by atoms with E-state index < -0.39 is 5.97 Å². The molecule has 1 rings (SSSR count). The quantitative estimate of drug-likeness (QED) is 0.449. The molecule has 0 aromatic carbocycles. The summed E-state index contributed by atoms with van der Waals surface area (Å²) in [6, 6.07) is 0. The molecule has 0 radical (unpaired) electrons. The molecule has 1 heterocycles. The van der Waals surface area contributed by atoms with Crippen LogP contribution in [0.5, 0.6) is 0 Å². The summed E-state index contributed by atoms with van der Waals surface area (Å²) in [6.45, 7) is 8.77. The first-order chi connectivity index (χ1) is 11.5. The molecular weight excluding hydrogens is 318 g/mol. The minimum atomic E-state index is -0.720. The topological polar surface area (TPSA) is 63.6 Å². The maximum atomic E-state index is 12.4. The van der Waals surface area contributed by atoms with Crippen molar-refractivity contribution in [2.75, 3.05) is 7.05 Å². The van der Waals surface area contributed by atoms with Gasteiger partial charge in [-0.1, -0.05) is 25.7 Å². The van der Waals surface area contributed by atoms with Gasteiger partial charge in [0.15, 0.2) is 0 Å². The zero-order chi connectivity index (χ0) is 19.1. The Balaban J connectivity index is 2.32. The Hall–Kier alpha value is -1.10. The molecule has 25 heavy (non-hydrogen) atoms. The molecule has 0 bridgehead atoms. The van der Waals surface area contributed by atoms with Crippen LogP contribution in [-0.4, -0.2) is 39.8 Å². The molecule has 5 heteroatoms. The Bertz CT molecular complexity index is 441. The molecule has 0 aromatic heterocycles. The predicted molar refractivity (Wildman–Crippen MR) is 98.9 cm³/mol. The fourth-order valence-corrected chi connectivity index (χ4v) is 3.95. The van der Waals surface area contributed by atoms with Crippen molar-refractivity contribution in [2.24, 2.45) is 0 Å². The van der Waals surface area contributed by atoms with Crippen LogP contribution in [0, 0.1) is 0 Å². The smallest absolute Gasteiger partial charge is 0.366 e. The van der Waals surface area contributed by atoms with Crippen molar-refractivity contribution in [1.82, 2.24) is 0 Å². The first-order valence-electron chi connectivity index (χ1n) is 9.83. The van der Waals surface area contributed by atoms with E-state index in [0.29, 0.717) is 11.1 Å². The third-order valence-electron chi connectivity index (χ3n) is 6.19. The van der Waals surface area contributed by atoms with Gasteiger partial charge >= 0.3 is 11.9 Å². The van der Waals surface area contributed by atoms with E-state index in [0.717, 1.165) is 51.4 Å². The van der Waals surface area contributed by atoms with Crippen LogP contribution in [0.4, 0.5) is 0 Å². The van der Waals surface area contributed by atoms with Crippen molar-refractivity contribution in [2.45, 2.75) is 109 Å². The summed E-state index contributed by atoms with van der Waals surface area (Å²) in [5.74, 6) is -0.820. The lowest BCUT2D eigenvalue weighted by atomic mass is 9.79. The molecule has 0 saturated carbocycles. The number of unbranched alkanes of at least 4 members (excludes halogenated alkanes) is 5. The van der Waals surface area contributed by atoms with Gasteiger partial charge in [0.2, 0.25) is 0 Å². The Kier molecular flexibility index (Phi) is 7.91. The second-order valence-electron chi connectivity index (χ2n) is 8.88. The molecule has 5 nitrogen and oxygen atoms in total. The number of carboxylic acids is 1. The Labute approximate surface area is 153 Å². The van der Waals surface area contributed by atoms with E-state index in [9.17, 15) is 9.59 Å². The number of quaternary nitrogens is 1. The van der Waals surface area contributed by atoms with Crippen molar-refractivity contribution in [1.29, 1.82) is 0 Å². The SMILES string of the molecule is CC1(C)CCCC(C)(C)[N+]1(C)OC(=O)CCCCCCCCC(=O)O. The molecular formula is C20H38NO4+. The lowest BCUT2D eigenvalue weighted by Crippen LogP contribution is -2.71. The predicted octanol–water partition coefficient (Wildman–Crippen LogP) is 4.84. The van der Waals surface area contributed by atoms with Gasteiger partial charge in [-0.15, -0.1) is 4.65 Å². The average Bonchev–Trinajstić information content (AvgIpc) is 2.47. The van der Waals surface area contributed by atoms with Gasteiger partial charge in [0.1, 0.15) is 18.1 Å². The third-order valence-corrected chi connectivity index (χ3v) is 6.19. The van der Waals surface area contributed by atoms with E-state index in [1.807, 2.05) is 0 Å². The molecule has 1 saturated heterocycles. The minimum Gasteiger partial charge on any atom is -0.481 e. The fraction of sp³-hybridized carbons (Fsp3) is 0.900. The number of hydrogen-bond donors (Lipinski definition) is 1. The molecule has 1 aliphatic heterocycles. The Morgan fingerprint density at radius 1 is 0.880 bits per heavy atom. The zero-order valence-electron chi connectivity index (χ0n) is 16.9. The summed E-state index contributed by atoms with van der Waals surface area (Å²) in [6.07, 6.45) is 9.67. The van der Waals surface area contributed by atoms with Crippen molar-refractivity contribution in [3.05, 3.63) is 0 Å². The number of hydrogen-bond acceptors (Lipinski definition) is 3. The number of likely N-dealkylation sites (tertiary alicyclic amines) is 1. The molecule has 0 aromatic rings. The fourth-order valence-electron chi connectivity index (χ4n) is 3.95. The molecule has 1 fully saturated rings. The molecule has 1 aliphatic rings. The maximum Gasteiger partial charge on any atom is 0.366 e. The molecule has 0 aliphatic carbocycles. The van der Waals surface area contributed by atoms with Gasteiger partial charge in [0, 0.05) is 19.3 Å². The summed E-state index contributed by atoms with van der Waals surface area (Å²) >= 11 is 0. The van der Waals surface area contributed by atoms with Gasteiger partial charge in [0.25, 0.3) is 0 Å². The van der Waals surface area contributed by atoms with Crippen LogP contribution >= 0.6 is 0 Å². The maximum absolute atomic E-state index is 12.4. The molecule has 0 amide bonds. The number of hydroxylamine groups is 3. The van der Waals surface area contributed by atoms with Crippen molar-refractivity contribution in [3.8, 4) is 0 Å². The third kappa shape index (κ3) is 5.98. The standard InChI is InChI=1S/C20H37NO4/c1-19(2)15-12-16-20(3,4)21(19,5)25-18(24)14-11-9-7-6-8-10-13-17(22)23/h6-16H2,1-5H3/p+1. The number of rotatable bonds is 10. The molecule has 0 spiro atoms. The summed E-state index contributed by atoms with van der Waals surface area (Å²) < 4.78 is 0.355. The Morgan fingerprint density at radius 2 is 1.32 bits per heavy atom. The van der Waals surface area contributed by atoms with Crippen LogP contribution in [0.25, 0.3) is 0 Å². The first-order valence-corrected chi connectivity index (χ1v) is 9.83. The van der Waals surface area contributed by atoms with Crippen molar-refractivity contribution in [3.63, 3.8) is 0 Å². The summed E-state index contributed by atoms with van der Waals surface area (Å²) in [5, 5.41) is 8.59. The number of carboxylic acid groups (broad SMARTS) is 1. The van der Waals surface area contributed by atoms with E-state index in [1.165, 1.54) is 6.42 Å². The largest absolute Gasteiger partial charge is 0.481 e. The number of carbonyl (C=O) groups is 2. The summed E-state index contributed by atoms with van der Waals surface area (Å²) in [7, 11) is 2.06. The highest BCUT2D eigenvalue weighted by Crippen LogP contribution is 2.44. The van der Waals surface area contributed by atoms with Gasteiger partial charge in [-0.25, -0.2) is 4.79 Å². The van der Waals surface area contributed by atoms with Gasteiger partial charge in [-0.05, 0) is 47.0 Å². The molecule has 0 unspecified atom stereocenters. The van der Waals surface area contributed by atoms with E-state index in [4.69, 9.17) is 9.94 Å². The van der Waals surface area contributed by atoms with E-state index in [-0.39, 0.29) is 23.5 Å². The van der Waals surface area contributed by atoms with Gasteiger partial charge < -0.3 is 5.11 Å². The van der Waals surface area contributed by atoms with E-state index in [1.54, 1.807) is 0 Å². The number of nitrogens with zero attached hydrogens (tertiary/aromatic N) is 1. The lowest BCUT2D eigenvalue weighted by Gasteiger charge is -2.55. The lowest BCUT2D eigenvalue weighted by molar-refractivity contribution is -1.15. The second-order valence-corrected chi connectivity index (χ2v) is 8.88. The zero-order valence-corrected chi connectivity index (χ0v) is 16.9. The average molecular weight is 357 g/mol.